The summed E-state index contributed by atoms with van der Waals surface area (Å²) in [5.41, 5.74) is 1.02. The van der Waals surface area contributed by atoms with E-state index in [1.165, 1.54) is 13.0 Å². The summed E-state index contributed by atoms with van der Waals surface area (Å²) in [6, 6.07) is 5.00. The third-order valence-corrected chi connectivity index (χ3v) is 3.15. The first-order valence-corrected chi connectivity index (χ1v) is 6.53. The Morgan fingerprint density at radius 3 is 2.84 bits per heavy atom. The molecule has 1 saturated carbocycles. The number of hydrogen-bond acceptors (Lipinski definition) is 3. The number of carbonyl (C=O) groups is 1. The van der Waals surface area contributed by atoms with Gasteiger partial charge in [-0.05, 0) is 38.0 Å². The van der Waals surface area contributed by atoms with Crippen molar-refractivity contribution in [2.75, 3.05) is 17.2 Å². The number of nitrogens with one attached hydrogen (secondary N) is 2. The highest BCUT2D eigenvalue weighted by atomic mass is 19.1. The predicted molar refractivity (Wildman–Crippen MR) is 72.8 cm³/mol. The van der Waals surface area contributed by atoms with Crippen LogP contribution in [0.2, 0.25) is 0 Å². The van der Waals surface area contributed by atoms with Crippen molar-refractivity contribution in [3.05, 3.63) is 24.0 Å². The van der Waals surface area contributed by atoms with E-state index in [4.69, 9.17) is 4.74 Å². The fourth-order valence-electron chi connectivity index (χ4n) is 2.19. The Bertz CT molecular complexity index is 459. The molecule has 5 heteroatoms. The van der Waals surface area contributed by atoms with Gasteiger partial charge in [0.15, 0.2) is 0 Å². The van der Waals surface area contributed by atoms with Crippen molar-refractivity contribution in [3.8, 4) is 0 Å². The van der Waals surface area contributed by atoms with Gasteiger partial charge in [0.05, 0.1) is 11.8 Å². The van der Waals surface area contributed by atoms with Crippen LogP contribution in [0.4, 0.5) is 15.8 Å². The number of rotatable bonds is 5. The SMILES string of the molecule is CCOC1CC(Nc2ccc(F)c(NC(C)=O)c2)C1. The van der Waals surface area contributed by atoms with Gasteiger partial charge in [0.1, 0.15) is 5.82 Å². The maximum Gasteiger partial charge on any atom is 0.221 e. The molecule has 0 aliphatic heterocycles. The molecule has 1 aliphatic rings. The van der Waals surface area contributed by atoms with Gasteiger partial charge in [-0.25, -0.2) is 4.39 Å². The van der Waals surface area contributed by atoms with E-state index in [9.17, 15) is 9.18 Å². The van der Waals surface area contributed by atoms with Crippen molar-refractivity contribution in [2.24, 2.45) is 0 Å². The largest absolute Gasteiger partial charge is 0.382 e. The summed E-state index contributed by atoms with van der Waals surface area (Å²) in [7, 11) is 0. The molecule has 1 aliphatic carbocycles. The summed E-state index contributed by atoms with van der Waals surface area (Å²) in [5.74, 6) is -0.711. The van der Waals surface area contributed by atoms with Crippen LogP contribution in [0.5, 0.6) is 0 Å². The second kappa shape index (κ2) is 6.02. The smallest absolute Gasteiger partial charge is 0.221 e. The molecule has 1 fully saturated rings. The highest BCUT2D eigenvalue weighted by Crippen LogP contribution is 2.28. The highest BCUT2D eigenvalue weighted by Gasteiger charge is 2.29. The van der Waals surface area contributed by atoms with E-state index in [2.05, 4.69) is 10.6 Å². The summed E-state index contributed by atoms with van der Waals surface area (Å²) in [4.78, 5) is 11.0. The van der Waals surface area contributed by atoms with Crippen LogP contribution < -0.4 is 10.6 Å². The monoisotopic (exact) mass is 266 g/mol. The van der Waals surface area contributed by atoms with E-state index >= 15 is 0 Å². The molecule has 2 N–H and O–H groups in total. The fraction of sp³-hybridized carbons (Fsp3) is 0.500. The first-order valence-electron chi connectivity index (χ1n) is 6.53. The van der Waals surface area contributed by atoms with E-state index in [1.807, 2.05) is 6.92 Å². The van der Waals surface area contributed by atoms with Gasteiger partial charge in [0.2, 0.25) is 5.91 Å². The zero-order valence-electron chi connectivity index (χ0n) is 11.2. The van der Waals surface area contributed by atoms with E-state index in [1.54, 1.807) is 12.1 Å². The Kier molecular flexibility index (Phi) is 4.37. The van der Waals surface area contributed by atoms with Crippen LogP contribution >= 0.6 is 0 Å². The molecular weight excluding hydrogens is 247 g/mol. The number of hydrogen-bond donors (Lipinski definition) is 2. The number of halogens is 1. The third kappa shape index (κ3) is 3.67. The Labute approximate surface area is 112 Å². The third-order valence-electron chi connectivity index (χ3n) is 3.15. The van der Waals surface area contributed by atoms with Crippen LogP contribution in [0.25, 0.3) is 0 Å². The molecule has 0 saturated heterocycles. The van der Waals surface area contributed by atoms with Crippen LogP contribution in [0.3, 0.4) is 0 Å². The number of anilines is 2. The summed E-state index contributed by atoms with van der Waals surface area (Å²) in [6.45, 7) is 4.08. The normalized spacial score (nSPS) is 21.6. The van der Waals surface area contributed by atoms with Gasteiger partial charge in [-0.2, -0.15) is 0 Å². The summed E-state index contributed by atoms with van der Waals surface area (Å²) in [6.07, 6.45) is 2.25. The van der Waals surface area contributed by atoms with E-state index in [0.717, 1.165) is 25.1 Å². The van der Waals surface area contributed by atoms with Gasteiger partial charge in [-0.1, -0.05) is 0 Å². The lowest BCUT2D eigenvalue weighted by atomic mass is 9.89. The minimum atomic E-state index is -0.429. The summed E-state index contributed by atoms with van der Waals surface area (Å²) < 4.78 is 18.9. The fourth-order valence-corrected chi connectivity index (χ4v) is 2.19. The molecule has 1 aromatic carbocycles. The quantitative estimate of drug-likeness (QED) is 0.861. The minimum absolute atomic E-state index is 0.207. The number of ether oxygens (including phenoxy) is 1. The van der Waals surface area contributed by atoms with Gasteiger partial charge >= 0.3 is 0 Å². The summed E-state index contributed by atoms with van der Waals surface area (Å²) in [5, 5.41) is 5.78. The average molecular weight is 266 g/mol. The molecule has 2 rings (SSSR count). The zero-order valence-corrected chi connectivity index (χ0v) is 11.2. The molecule has 0 aromatic heterocycles. The van der Waals surface area contributed by atoms with Crippen molar-refractivity contribution < 1.29 is 13.9 Å². The molecule has 1 aromatic rings. The van der Waals surface area contributed by atoms with Crippen molar-refractivity contribution in [2.45, 2.75) is 38.8 Å². The van der Waals surface area contributed by atoms with Gasteiger partial charge in [0, 0.05) is 25.3 Å². The van der Waals surface area contributed by atoms with Crippen molar-refractivity contribution in [3.63, 3.8) is 0 Å². The lowest BCUT2D eigenvalue weighted by molar-refractivity contribution is -0.114. The molecule has 0 atom stereocenters. The molecule has 104 valence electrons. The molecule has 0 spiro atoms. The van der Waals surface area contributed by atoms with Crippen molar-refractivity contribution in [1.82, 2.24) is 0 Å². The Morgan fingerprint density at radius 2 is 2.21 bits per heavy atom. The molecule has 4 nitrogen and oxygen atoms in total. The molecule has 1 amide bonds. The number of benzene rings is 1. The van der Waals surface area contributed by atoms with E-state index in [-0.39, 0.29) is 11.6 Å². The Morgan fingerprint density at radius 1 is 1.47 bits per heavy atom. The first-order chi connectivity index (χ1) is 9.08. The molecule has 0 heterocycles. The number of amides is 1. The molecule has 0 bridgehead atoms. The molecular formula is C14H19FN2O2. The van der Waals surface area contributed by atoms with Crippen LogP contribution in [-0.4, -0.2) is 24.7 Å². The van der Waals surface area contributed by atoms with Gasteiger partial charge < -0.3 is 15.4 Å². The van der Waals surface area contributed by atoms with Gasteiger partial charge in [0.25, 0.3) is 0 Å². The van der Waals surface area contributed by atoms with Gasteiger partial charge in [-0.15, -0.1) is 0 Å². The average Bonchev–Trinajstić information content (AvgIpc) is 2.30. The summed E-state index contributed by atoms with van der Waals surface area (Å²) >= 11 is 0. The van der Waals surface area contributed by atoms with Crippen LogP contribution in [0.15, 0.2) is 18.2 Å². The predicted octanol–water partition coefficient (Wildman–Crippen LogP) is 2.76. The van der Waals surface area contributed by atoms with E-state index in [0.29, 0.717) is 12.1 Å². The maximum atomic E-state index is 13.5. The minimum Gasteiger partial charge on any atom is -0.382 e. The molecule has 19 heavy (non-hydrogen) atoms. The second-order valence-electron chi connectivity index (χ2n) is 4.77. The van der Waals surface area contributed by atoms with Gasteiger partial charge in [-0.3, -0.25) is 4.79 Å². The molecule has 0 radical (unpaired) electrons. The van der Waals surface area contributed by atoms with Crippen LogP contribution in [-0.2, 0) is 9.53 Å². The second-order valence-corrected chi connectivity index (χ2v) is 4.77. The first kappa shape index (κ1) is 13.8. The Hall–Kier alpha value is -1.62. The lowest BCUT2D eigenvalue weighted by Crippen LogP contribution is -2.40. The van der Waals surface area contributed by atoms with Crippen molar-refractivity contribution in [1.29, 1.82) is 0 Å². The number of carbonyl (C=O) groups excluding carboxylic acids is 1. The van der Waals surface area contributed by atoms with Crippen molar-refractivity contribution >= 4 is 17.3 Å². The van der Waals surface area contributed by atoms with E-state index < -0.39 is 5.82 Å². The van der Waals surface area contributed by atoms with Crippen LogP contribution in [0.1, 0.15) is 26.7 Å². The highest BCUT2D eigenvalue weighted by molar-refractivity contribution is 5.89. The molecule has 0 unspecified atom stereocenters. The Balaban J connectivity index is 1.93. The lowest BCUT2D eigenvalue weighted by Gasteiger charge is -2.36. The maximum absolute atomic E-state index is 13.5. The zero-order chi connectivity index (χ0) is 13.8. The standard InChI is InChI=1S/C14H19FN2O2/c1-3-19-12-6-11(7-12)17-10-4-5-13(15)14(8-10)16-9(2)18/h4-5,8,11-12,17H,3,6-7H2,1-2H3,(H,16,18). The van der Waals surface area contributed by atoms with Crippen LogP contribution in [0, 0.1) is 5.82 Å². The topological polar surface area (TPSA) is 50.4 Å².